The van der Waals surface area contributed by atoms with Crippen LogP contribution in [0.15, 0.2) is 18.0 Å². The molecule has 1 aliphatic heterocycles. The third kappa shape index (κ3) is 6.68. The summed E-state index contributed by atoms with van der Waals surface area (Å²) in [7, 11) is -1.12. The van der Waals surface area contributed by atoms with E-state index in [1.165, 1.54) is 7.05 Å². The molecule has 1 amide bonds. The second kappa shape index (κ2) is 11.5. The maximum absolute atomic E-state index is 14.2. The van der Waals surface area contributed by atoms with E-state index >= 15 is 0 Å². The Bertz CT molecular complexity index is 695. The molecule has 0 saturated carbocycles. The van der Waals surface area contributed by atoms with E-state index < -0.39 is 61.4 Å². The summed E-state index contributed by atoms with van der Waals surface area (Å²) < 4.78 is 56.5. The van der Waals surface area contributed by atoms with Crippen molar-refractivity contribution in [2.75, 3.05) is 26.6 Å². The van der Waals surface area contributed by atoms with Gasteiger partial charge in [0.25, 0.3) is 11.8 Å². The molecule has 1 aliphatic rings. The molecule has 6 nitrogen and oxygen atoms in total. The number of pyridine rings is 1. The predicted octanol–water partition coefficient (Wildman–Crippen LogP) is -7.03. The SMILES string of the molecule is CNC(=O)c1ccc(C2=C(F)CN(CB([O-])[O-])CC2(F)F)c(F)n1.[K+].[K+]. The number of halogens is 4. The van der Waals surface area contributed by atoms with Crippen LogP contribution in [-0.2, 0) is 0 Å². The number of aromatic nitrogens is 1. The molecule has 0 aromatic carbocycles. The van der Waals surface area contributed by atoms with Crippen molar-refractivity contribution in [2.24, 2.45) is 0 Å². The van der Waals surface area contributed by atoms with Crippen molar-refractivity contribution in [3.05, 3.63) is 35.2 Å². The van der Waals surface area contributed by atoms with Crippen molar-refractivity contribution in [3.8, 4) is 0 Å². The van der Waals surface area contributed by atoms with Crippen molar-refractivity contribution in [3.63, 3.8) is 0 Å². The van der Waals surface area contributed by atoms with Crippen LogP contribution in [0.25, 0.3) is 5.57 Å². The van der Waals surface area contributed by atoms with Crippen LogP contribution in [0.1, 0.15) is 16.1 Å². The Labute approximate surface area is 232 Å². The summed E-state index contributed by atoms with van der Waals surface area (Å²) in [5, 5.41) is 23.3. The van der Waals surface area contributed by atoms with Gasteiger partial charge in [-0.25, -0.2) is 9.37 Å². The minimum atomic E-state index is -3.83. The fourth-order valence-corrected chi connectivity index (χ4v) is 2.45. The van der Waals surface area contributed by atoms with Crippen LogP contribution in [0.5, 0.6) is 0 Å². The molecule has 0 spiro atoms. The van der Waals surface area contributed by atoms with Gasteiger partial charge in [-0.15, -0.1) is 0 Å². The van der Waals surface area contributed by atoms with Crippen LogP contribution in [0.2, 0.25) is 0 Å². The summed E-state index contributed by atoms with van der Waals surface area (Å²) in [4.78, 5) is 15.3. The van der Waals surface area contributed by atoms with Gasteiger partial charge < -0.3 is 20.3 Å². The van der Waals surface area contributed by atoms with Crippen LogP contribution >= 0.6 is 0 Å². The number of carbonyl (C=O) groups excluding carboxylic acids is 1. The van der Waals surface area contributed by atoms with Gasteiger partial charge in [-0.1, -0.05) is 13.6 Å². The van der Waals surface area contributed by atoms with Gasteiger partial charge in [-0.05, 0) is 12.1 Å². The predicted molar refractivity (Wildman–Crippen MR) is 72.8 cm³/mol. The maximum atomic E-state index is 14.2. The Balaban J connectivity index is 0.00000312. The number of hydrogen-bond donors (Lipinski definition) is 1. The molecule has 130 valence electrons. The van der Waals surface area contributed by atoms with Gasteiger partial charge in [0.05, 0.1) is 18.7 Å². The number of hydrogen-bond acceptors (Lipinski definition) is 5. The molecular formula is C13H12BF4K2N3O3. The monoisotopic (exact) mass is 423 g/mol. The molecule has 0 unspecified atom stereocenters. The second-order valence-corrected chi connectivity index (χ2v) is 5.20. The van der Waals surface area contributed by atoms with Crippen molar-refractivity contribution < 1.29 is 135 Å². The van der Waals surface area contributed by atoms with E-state index in [0.29, 0.717) is 4.90 Å². The topological polar surface area (TPSA) is 91.4 Å². The van der Waals surface area contributed by atoms with E-state index in [0.717, 1.165) is 12.1 Å². The van der Waals surface area contributed by atoms with Gasteiger partial charge in [-0.3, -0.25) is 4.79 Å². The van der Waals surface area contributed by atoms with Crippen molar-refractivity contribution in [1.29, 1.82) is 0 Å². The van der Waals surface area contributed by atoms with Crippen LogP contribution in [-0.4, -0.2) is 55.4 Å². The van der Waals surface area contributed by atoms with E-state index in [-0.39, 0.29) is 108 Å². The quantitative estimate of drug-likeness (QED) is 0.295. The Morgan fingerprint density at radius 2 is 1.96 bits per heavy atom. The average molecular weight is 423 g/mol. The number of carbonyl (C=O) groups is 1. The molecule has 0 bridgehead atoms. The van der Waals surface area contributed by atoms with Crippen molar-refractivity contribution in [1.82, 2.24) is 15.2 Å². The minimum absolute atomic E-state index is 0. The van der Waals surface area contributed by atoms with Gasteiger partial charge >= 0.3 is 103 Å². The van der Waals surface area contributed by atoms with E-state index in [4.69, 9.17) is 0 Å². The zero-order valence-corrected chi connectivity index (χ0v) is 20.7. The molecule has 26 heavy (non-hydrogen) atoms. The summed E-state index contributed by atoms with van der Waals surface area (Å²) in [6, 6.07) is 1.83. The van der Waals surface area contributed by atoms with Crippen LogP contribution in [0.3, 0.4) is 0 Å². The van der Waals surface area contributed by atoms with Gasteiger partial charge in [0.15, 0.2) is 0 Å². The molecule has 2 heterocycles. The smallest absolute Gasteiger partial charge is 0.892 e. The maximum Gasteiger partial charge on any atom is 1.00 e. The molecule has 0 aliphatic carbocycles. The van der Waals surface area contributed by atoms with E-state index in [1.54, 1.807) is 0 Å². The number of rotatable bonds is 4. The molecule has 0 fully saturated rings. The summed E-state index contributed by atoms with van der Waals surface area (Å²) in [5.74, 6) is -7.33. The first kappa shape index (κ1) is 27.3. The van der Waals surface area contributed by atoms with E-state index in [1.807, 2.05) is 0 Å². The molecule has 0 radical (unpaired) electrons. The molecule has 1 aromatic rings. The molecule has 1 N–H and O–H groups in total. The van der Waals surface area contributed by atoms with Crippen molar-refractivity contribution in [2.45, 2.75) is 5.92 Å². The van der Waals surface area contributed by atoms with Crippen LogP contribution in [0.4, 0.5) is 17.6 Å². The van der Waals surface area contributed by atoms with Gasteiger partial charge in [0, 0.05) is 12.6 Å². The number of amides is 1. The normalized spacial score (nSPS) is 16.4. The Kier molecular flexibility index (Phi) is 12.0. The molecule has 1 aromatic heterocycles. The summed E-state index contributed by atoms with van der Waals surface area (Å²) >= 11 is 0. The van der Waals surface area contributed by atoms with Gasteiger partial charge in [-0.2, -0.15) is 13.2 Å². The first-order valence-electron chi connectivity index (χ1n) is 6.85. The van der Waals surface area contributed by atoms with Crippen LogP contribution < -0.4 is 118 Å². The van der Waals surface area contributed by atoms with Crippen molar-refractivity contribution >= 4 is 18.6 Å². The molecular weight excluding hydrogens is 411 g/mol. The third-order valence-electron chi connectivity index (χ3n) is 3.41. The number of nitrogens with zero attached hydrogens (tertiary/aromatic N) is 2. The molecule has 0 atom stereocenters. The zero-order chi connectivity index (χ0) is 18.1. The van der Waals surface area contributed by atoms with E-state index in [2.05, 4.69) is 10.3 Å². The summed E-state index contributed by atoms with van der Waals surface area (Å²) in [5.41, 5.74) is -2.31. The van der Waals surface area contributed by atoms with Gasteiger partial charge in [0.2, 0.25) is 5.95 Å². The fourth-order valence-electron chi connectivity index (χ4n) is 2.45. The Morgan fingerprint density at radius 1 is 1.35 bits per heavy atom. The number of alkyl halides is 2. The minimum Gasteiger partial charge on any atom is -0.892 e. The first-order chi connectivity index (χ1) is 11.2. The zero-order valence-electron chi connectivity index (χ0n) is 14.5. The third-order valence-corrected chi connectivity index (χ3v) is 3.41. The number of nitrogens with one attached hydrogen (secondary N) is 1. The molecule has 13 heteroatoms. The molecule has 2 rings (SSSR count). The summed E-state index contributed by atoms with van der Waals surface area (Å²) in [6.07, 6.45) is -0.799. The molecule has 0 saturated heterocycles. The fraction of sp³-hybridized carbons (Fsp3) is 0.385. The Hall–Kier alpha value is 1.30. The second-order valence-electron chi connectivity index (χ2n) is 5.20. The largest absolute Gasteiger partial charge is 1.00 e. The van der Waals surface area contributed by atoms with Gasteiger partial charge in [0.1, 0.15) is 11.5 Å². The Morgan fingerprint density at radius 3 is 2.42 bits per heavy atom. The van der Waals surface area contributed by atoms with Crippen LogP contribution in [0, 0.1) is 5.95 Å². The summed E-state index contributed by atoms with van der Waals surface area (Å²) in [6.45, 7) is -1.80. The van der Waals surface area contributed by atoms with E-state index in [9.17, 15) is 32.4 Å². The standard InChI is InChI=1S/C13H12BF4N3O3.2K/c1-19-12(22)9-3-2-7(11(16)20-9)10-8(15)4-21(6-14(23)24)5-13(10,17)18;;/h2-3H,4-6H2,1H3,(H,19,22);;/q-2;2*+1. The first-order valence-corrected chi connectivity index (χ1v) is 6.85. The average Bonchev–Trinajstić information content (AvgIpc) is 2.45.